The van der Waals surface area contributed by atoms with Crippen molar-refractivity contribution in [2.75, 3.05) is 0 Å². The van der Waals surface area contributed by atoms with E-state index in [1.54, 1.807) is 0 Å². The molecule has 1 unspecified atom stereocenters. The van der Waals surface area contributed by atoms with Gasteiger partial charge in [-0.15, -0.1) is 0 Å². The Kier molecular flexibility index (Phi) is 3.29. The highest BCUT2D eigenvalue weighted by Crippen LogP contribution is 2.29. The van der Waals surface area contributed by atoms with Crippen LogP contribution in [0.1, 0.15) is 31.7 Å². The van der Waals surface area contributed by atoms with Gasteiger partial charge in [-0.3, -0.25) is 0 Å². The molecule has 4 heteroatoms. The smallest absolute Gasteiger partial charge is 0.137 e. The number of rotatable bonds is 2. The lowest BCUT2D eigenvalue weighted by Crippen LogP contribution is -1.97. The first-order chi connectivity index (χ1) is 5.66. The van der Waals surface area contributed by atoms with E-state index >= 15 is 0 Å². The summed E-state index contributed by atoms with van der Waals surface area (Å²) < 4.78 is 0. The van der Waals surface area contributed by atoms with Crippen molar-refractivity contribution in [1.82, 2.24) is 9.97 Å². The largest absolute Gasteiger partial charge is 0.224 e. The van der Waals surface area contributed by atoms with Crippen molar-refractivity contribution in [3.05, 3.63) is 22.2 Å². The molecule has 0 aliphatic rings. The Morgan fingerprint density at radius 2 is 1.83 bits per heavy atom. The number of hydrogen-bond acceptors (Lipinski definition) is 2. The summed E-state index contributed by atoms with van der Waals surface area (Å²) in [6, 6.07) is 0. The van der Waals surface area contributed by atoms with E-state index in [-0.39, 0.29) is 0 Å². The fraction of sp³-hybridized carbons (Fsp3) is 0.500. The molecule has 1 atom stereocenters. The van der Waals surface area contributed by atoms with Crippen molar-refractivity contribution in [3.8, 4) is 0 Å². The van der Waals surface area contributed by atoms with Gasteiger partial charge in [0.05, 0.1) is 0 Å². The first-order valence-electron chi connectivity index (χ1n) is 3.82. The maximum Gasteiger partial charge on any atom is 0.137 e. The molecule has 0 saturated carbocycles. The Morgan fingerprint density at radius 3 is 2.25 bits per heavy atom. The lowest BCUT2D eigenvalue weighted by molar-refractivity contribution is 0.725. The number of nitrogens with zero attached hydrogens (tertiary/aromatic N) is 2. The van der Waals surface area contributed by atoms with Crippen molar-refractivity contribution in [1.29, 1.82) is 0 Å². The maximum atomic E-state index is 5.87. The minimum absolute atomic E-state index is 0.311. The molecule has 0 saturated heterocycles. The normalized spacial score (nSPS) is 13.0. The predicted octanol–water partition coefficient (Wildman–Crippen LogP) is 3.30. The molecule has 0 amide bonds. The summed E-state index contributed by atoms with van der Waals surface area (Å²) in [4.78, 5) is 7.76. The van der Waals surface area contributed by atoms with E-state index < -0.39 is 0 Å². The van der Waals surface area contributed by atoms with Crippen molar-refractivity contribution in [3.63, 3.8) is 0 Å². The van der Waals surface area contributed by atoms with Crippen LogP contribution in [-0.4, -0.2) is 9.97 Å². The van der Waals surface area contributed by atoms with Gasteiger partial charge >= 0.3 is 0 Å². The number of aromatic nitrogens is 2. The monoisotopic (exact) mass is 204 g/mol. The molecular formula is C8H10Cl2N2. The second-order valence-electron chi connectivity index (χ2n) is 2.68. The highest BCUT2D eigenvalue weighted by molar-refractivity contribution is 6.34. The van der Waals surface area contributed by atoms with E-state index in [4.69, 9.17) is 23.2 Å². The van der Waals surface area contributed by atoms with E-state index in [1.165, 1.54) is 6.33 Å². The van der Waals surface area contributed by atoms with Crippen molar-refractivity contribution in [2.45, 2.75) is 26.2 Å². The molecular weight excluding hydrogens is 195 g/mol. The lowest BCUT2D eigenvalue weighted by atomic mass is 10.0. The van der Waals surface area contributed by atoms with Gasteiger partial charge in [0.25, 0.3) is 0 Å². The third-order valence-corrected chi connectivity index (χ3v) is 2.49. The molecule has 0 radical (unpaired) electrons. The van der Waals surface area contributed by atoms with Gasteiger partial charge in [0.2, 0.25) is 0 Å². The molecule has 12 heavy (non-hydrogen) atoms. The zero-order valence-electron chi connectivity index (χ0n) is 7.01. The molecule has 1 rings (SSSR count). The number of halogens is 2. The lowest BCUT2D eigenvalue weighted by Gasteiger charge is -2.10. The quantitative estimate of drug-likeness (QED) is 0.692. The molecule has 0 bridgehead atoms. The van der Waals surface area contributed by atoms with Gasteiger partial charge in [0, 0.05) is 5.56 Å². The summed E-state index contributed by atoms with van der Waals surface area (Å²) in [6.07, 6.45) is 2.35. The Morgan fingerprint density at radius 1 is 1.33 bits per heavy atom. The molecule has 66 valence electrons. The maximum absolute atomic E-state index is 5.87. The molecule has 1 heterocycles. The first-order valence-corrected chi connectivity index (χ1v) is 4.58. The van der Waals surface area contributed by atoms with Crippen LogP contribution in [0.3, 0.4) is 0 Å². The minimum atomic E-state index is 0.311. The Hall–Kier alpha value is -0.340. The van der Waals surface area contributed by atoms with E-state index in [2.05, 4.69) is 23.8 Å². The Bertz CT molecular complexity index is 256. The van der Waals surface area contributed by atoms with Gasteiger partial charge in [-0.25, -0.2) is 9.97 Å². The summed E-state index contributed by atoms with van der Waals surface area (Å²) in [6.45, 7) is 4.13. The summed E-state index contributed by atoms with van der Waals surface area (Å²) >= 11 is 11.7. The SMILES string of the molecule is CCC(C)c1c(Cl)ncnc1Cl. The van der Waals surface area contributed by atoms with Crippen LogP contribution in [0.2, 0.25) is 10.3 Å². The van der Waals surface area contributed by atoms with Gasteiger partial charge in [0.1, 0.15) is 16.6 Å². The van der Waals surface area contributed by atoms with Crippen molar-refractivity contribution >= 4 is 23.2 Å². The standard InChI is InChI=1S/C8H10Cl2N2/c1-3-5(2)6-7(9)11-4-12-8(6)10/h4-5H,3H2,1-2H3. The zero-order valence-corrected chi connectivity index (χ0v) is 8.52. The van der Waals surface area contributed by atoms with Gasteiger partial charge in [-0.05, 0) is 12.3 Å². The zero-order chi connectivity index (χ0) is 9.14. The second-order valence-corrected chi connectivity index (χ2v) is 3.39. The fourth-order valence-corrected chi connectivity index (χ4v) is 1.65. The molecule has 1 aromatic heterocycles. The van der Waals surface area contributed by atoms with Gasteiger partial charge in [-0.1, -0.05) is 37.0 Å². The summed E-state index contributed by atoms with van der Waals surface area (Å²) in [5.41, 5.74) is 0.850. The average molecular weight is 205 g/mol. The highest BCUT2D eigenvalue weighted by Gasteiger charge is 2.13. The number of hydrogen-bond donors (Lipinski definition) is 0. The first kappa shape index (κ1) is 9.75. The van der Waals surface area contributed by atoms with Crippen LogP contribution in [0.25, 0.3) is 0 Å². The highest BCUT2D eigenvalue weighted by atomic mass is 35.5. The molecule has 0 aromatic carbocycles. The van der Waals surface area contributed by atoms with E-state index in [0.29, 0.717) is 16.2 Å². The Balaban J connectivity index is 3.12. The fourth-order valence-electron chi connectivity index (χ4n) is 0.965. The van der Waals surface area contributed by atoms with Crippen molar-refractivity contribution < 1.29 is 0 Å². The van der Waals surface area contributed by atoms with Crippen LogP contribution in [0.4, 0.5) is 0 Å². The molecule has 0 fully saturated rings. The van der Waals surface area contributed by atoms with Crippen LogP contribution in [0.15, 0.2) is 6.33 Å². The summed E-state index contributed by atoms with van der Waals surface area (Å²) in [5, 5.41) is 0.925. The molecule has 0 spiro atoms. The van der Waals surface area contributed by atoms with Gasteiger partial charge in [-0.2, -0.15) is 0 Å². The van der Waals surface area contributed by atoms with Gasteiger partial charge < -0.3 is 0 Å². The molecule has 0 aliphatic carbocycles. The van der Waals surface area contributed by atoms with E-state index in [1.807, 2.05) is 0 Å². The topological polar surface area (TPSA) is 25.8 Å². The van der Waals surface area contributed by atoms with Crippen LogP contribution in [0, 0.1) is 0 Å². The predicted molar refractivity (Wildman–Crippen MR) is 50.8 cm³/mol. The molecule has 2 nitrogen and oxygen atoms in total. The van der Waals surface area contributed by atoms with Crippen LogP contribution >= 0.6 is 23.2 Å². The van der Waals surface area contributed by atoms with E-state index in [0.717, 1.165) is 12.0 Å². The Labute approximate surface area is 81.9 Å². The van der Waals surface area contributed by atoms with Crippen molar-refractivity contribution in [2.24, 2.45) is 0 Å². The molecule has 0 aliphatic heterocycles. The molecule has 1 aromatic rings. The average Bonchev–Trinajstić information content (AvgIpc) is 2.03. The third-order valence-electron chi connectivity index (χ3n) is 1.89. The van der Waals surface area contributed by atoms with Crippen LogP contribution < -0.4 is 0 Å². The molecule has 0 N–H and O–H groups in total. The van der Waals surface area contributed by atoms with E-state index in [9.17, 15) is 0 Å². The minimum Gasteiger partial charge on any atom is -0.224 e. The van der Waals surface area contributed by atoms with Crippen LogP contribution in [-0.2, 0) is 0 Å². The van der Waals surface area contributed by atoms with Gasteiger partial charge in [0.15, 0.2) is 0 Å². The summed E-state index contributed by atoms with van der Waals surface area (Å²) in [5.74, 6) is 0.311. The third kappa shape index (κ3) is 1.87. The second kappa shape index (κ2) is 4.06. The van der Waals surface area contributed by atoms with Crippen LogP contribution in [0.5, 0.6) is 0 Å². The summed E-state index contributed by atoms with van der Waals surface area (Å²) in [7, 11) is 0.